The molecule has 1 aromatic carbocycles. The van der Waals surface area contributed by atoms with Gasteiger partial charge in [-0.05, 0) is 42.9 Å². The minimum absolute atomic E-state index is 0. The molecular weight excluding hydrogens is 466 g/mol. The van der Waals surface area contributed by atoms with Crippen LogP contribution >= 0.6 is 35.7 Å². The van der Waals surface area contributed by atoms with Crippen LogP contribution in [0.4, 0.5) is 4.39 Å². The predicted octanol–water partition coefficient (Wildman–Crippen LogP) is 3.35. The maximum Gasteiger partial charge on any atom is 0.243 e. The van der Waals surface area contributed by atoms with Crippen LogP contribution in [0.25, 0.3) is 0 Å². The monoisotopic (exact) mass is 496 g/mol. The molecule has 8 heteroatoms. The Balaban J connectivity index is 0.00000625. The molecule has 0 aromatic heterocycles. The van der Waals surface area contributed by atoms with Gasteiger partial charge in [-0.1, -0.05) is 13.3 Å². The summed E-state index contributed by atoms with van der Waals surface area (Å²) >= 11 is 1.70. The standard InChI is InChI=1S/C18H29FN4OS.HI/c1-4-5-11-20-18(22-14-17(24)23(2)3)21-12-6-13-25-16-9-7-15(19)8-10-16;/h7-10H,4-6,11-14H2,1-3H3,(H2,20,21,22);1H. The summed E-state index contributed by atoms with van der Waals surface area (Å²) in [4.78, 5) is 18.6. The fourth-order valence-corrected chi connectivity index (χ4v) is 2.70. The van der Waals surface area contributed by atoms with Crippen molar-refractivity contribution in [2.45, 2.75) is 31.1 Å². The fraction of sp³-hybridized carbons (Fsp3) is 0.556. The summed E-state index contributed by atoms with van der Waals surface area (Å²) in [5.41, 5.74) is 0. The van der Waals surface area contributed by atoms with Gasteiger partial charge in [0.15, 0.2) is 5.96 Å². The number of nitrogens with one attached hydrogen (secondary N) is 2. The molecule has 0 bridgehead atoms. The van der Waals surface area contributed by atoms with Crippen LogP contribution in [0.1, 0.15) is 26.2 Å². The van der Waals surface area contributed by atoms with E-state index in [0.717, 1.165) is 43.0 Å². The summed E-state index contributed by atoms with van der Waals surface area (Å²) in [5, 5.41) is 6.51. The number of likely N-dealkylation sites (N-methyl/N-ethyl adjacent to an activating group) is 1. The van der Waals surface area contributed by atoms with Crippen molar-refractivity contribution < 1.29 is 9.18 Å². The molecule has 0 aliphatic rings. The number of rotatable bonds is 10. The molecule has 0 aliphatic heterocycles. The number of carbonyl (C=O) groups is 1. The summed E-state index contributed by atoms with van der Waals surface area (Å²) in [6.07, 6.45) is 3.10. The molecule has 0 saturated heterocycles. The Kier molecular flexibility index (Phi) is 14.5. The van der Waals surface area contributed by atoms with Crippen LogP contribution in [0, 0.1) is 5.82 Å². The van der Waals surface area contributed by atoms with Crippen molar-refractivity contribution in [3.05, 3.63) is 30.1 Å². The fourth-order valence-electron chi connectivity index (χ4n) is 1.85. The minimum atomic E-state index is -0.211. The van der Waals surface area contributed by atoms with E-state index in [2.05, 4.69) is 22.5 Å². The van der Waals surface area contributed by atoms with Crippen molar-refractivity contribution in [2.24, 2.45) is 4.99 Å². The van der Waals surface area contributed by atoms with Gasteiger partial charge in [0.05, 0.1) is 0 Å². The van der Waals surface area contributed by atoms with Crippen LogP contribution in [0.2, 0.25) is 0 Å². The Morgan fingerprint density at radius 1 is 1.15 bits per heavy atom. The van der Waals surface area contributed by atoms with Crippen LogP contribution in [-0.2, 0) is 4.79 Å². The number of halogens is 2. The molecule has 0 atom stereocenters. The van der Waals surface area contributed by atoms with Gasteiger partial charge in [-0.2, -0.15) is 0 Å². The van der Waals surface area contributed by atoms with Crippen molar-refractivity contribution in [1.29, 1.82) is 0 Å². The molecule has 5 nitrogen and oxygen atoms in total. The van der Waals surface area contributed by atoms with Gasteiger partial charge in [0.25, 0.3) is 0 Å². The predicted molar refractivity (Wildman–Crippen MR) is 119 cm³/mol. The number of unbranched alkanes of at least 4 members (excludes halogenated alkanes) is 1. The van der Waals surface area contributed by atoms with Gasteiger partial charge in [0, 0.05) is 32.1 Å². The lowest BCUT2D eigenvalue weighted by Gasteiger charge is -2.13. The second kappa shape index (κ2) is 15.1. The van der Waals surface area contributed by atoms with Gasteiger partial charge in [0.2, 0.25) is 5.91 Å². The molecule has 1 rings (SSSR count). The zero-order valence-electron chi connectivity index (χ0n) is 15.8. The molecule has 2 N–H and O–H groups in total. The first-order valence-corrected chi connectivity index (χ1v) is 9.62. The Hall–Kier alpha value is -1.03. The lowest BCUT2D eigenvalue weighted by Crippen LogP contribution is -2.39. The first-order chi connectivity index (χ1) is 12.0. The number of benzene rings is 1. The van der Waals surface area contributed by atoms with E-state index < -0.39 is 0 Å². The molecular formula is C18H30FIN4OS. The quantitative estimate of drug-likeness (QED) is 0.172. The van der Waals surface area contributed by atoms with Gasteiger partial charge >= 0.3 is 0 Å². The van der Waals surface area contributed by atoms with Crippen molar-refractivity contribution in [1.82, 2.24) is 15.5 Å². The third-order valence-electron chi connectivity index (χ3n) is 3.39. The molecule has 0 aliphatic carbocycles. The van der Waals surface area contributed by atoms with Crippen molar-refractivity contribution in [3.63, 3.8) is 0 Å². The van der Waals surface area contributed by atoms with E-state index in [1.165, 1.54) is 17.0 Å². The summed E-state index contributed by atoms with van der Waals surface area (Å²) in [5.74, 6) is 1.37. The summed E-state index contributed by atoms with van der Waals surface area (Å²) in [7, 11) is 3.45. The van der Waals surface area contributed by atoms with E-state index in [0.29, 0.717) is 5.96 Å². The van der Waals surface area contributed by atoms with Crippen molar-refractivity contribution in [2.75, 3.05) is 39.5 Å². The number of aliphatic imine (C=N–C) groups is 1. The zero-order valence-corrected chi connectivity index (χ0v) is 18.9. The molecule has 1 amide bonds. The zero-order chi connectivity index (χ0) is 18.5. The second-order valence-electron chi connectivity index (χ2n) is 5.82. The highest BCUT2D eigenvalue weighted by Crippen LogP contribution is 2.18. The lowest BCUT2D eigenvalue weighted by molar-refractivity contribution is -0.127. The summed E-state index contributed by atoms with van der Waals surface area (Å²) in [6, 6.07) is 6.54. The van der Waals surface area contributed by atoms with Crippen LogP contribution in [0.3, 0.4) is 0 Å². The third kappa shape index (κ3) is 11.6. The van der Waals surface area contributed by atoms with E-state index in [4.69, 9.17) is 0 Å². The van der Waals surface area contributed by atoms with Gasteiger partial charge in [-0.15, -0.1) is 35.7 Å². The maximum absolute atomic E-state index is 12.9. The molecule has 1 aromatic rings. The Bertz CT molecular complexity index is 540. The third-order valence-corrected chi connectivity index (χ3v) is 4.49. The van der Waals surface area contributed by atoms with Crippen LogP contribution in [0.15, 0.2) is 34.2 Å². The first kappa shape index (κ1) is 25.0. The van der Waals surface area contributed by atoms with Crippen LogP contribution in [0.5, 0.6) is 0 Å². The maximum atomic E-state index is 12.9. The second-order valence-corrected chi connectivity index (χ2v) is 6.98. The molecule has 0 radical (unpaired) electrons. The Labute approximate surface area is 177 Å². The highest BCUT2D eigenvalue weighted by atomic mass is 127. The van der Waals surface area contributed by atoms with E-state index in [-0.39, 0.29) is 42.2 Å². The number of carbonyl (C=O) groups excluding carboxylic acids is 1. The molecule has 0 spiro atoms. The highest BCUT2D eigenvalue weighted by Gasteiger charge is 2.04. The first-order valence-electron chi connectivity index (χ1n) is 8.63. The molecule has 0 unspecified atom stereocenters. The van der Waals surface area contributed by atoms with Crippen molar-refractivity contribution >= 4 is 47.6 Å². The van der Waals surface area contributed by atoms with Gasteiger partial charge in [0.1, 0.15) is 12.4 Å². The largest absolute Gasteiger partial charge is 0.356 e. The van der Waals surface area contributed by atoms with Gasteiger partial charge in [-0.25, -0.2) is 9.38 Å². The van der Waals surface area contributed by atoms with Crippen LogP contribution < -0.4 is 10.6 Å². The van der Waals surface area contributed by atoms with Crippen LogP contribution in [-0.4, -0.2) is 56.2 Å². The molecule has 148 valence electrons. The number of guanidine groups is 1. The number of hydrogen-bond donors (Lipinski definition) is 2. The number of hydrogen-bond acceptors (Lipinski definition) is 3. The number of amides is 1. The average Bonchev–Trinajstić information content (AvgIpc) is 2.60. The lowest BCUT2D eigenvalue weighted by atomic mass is 10.3. The molecule has 0 fully saturated rings. The van der Waals surface area contributed by atoms with E-state index >= 15 is 0 Å². The van der Waals surface area contributed by atoms with E-state index in [1.54, 1.807) is 38.0 Å². The molecule has 26 heavy (non-hydrogen) atoms. The number of nitrogens with zero attached hydrogens (tertiary/aromatic N) is 2. The average molecular weight is 496 g/mol. The summed E-state index contributed by atoms with van der Waals surface area (Å²) in [6.45, 7) is 3.87. The van der Waals surface area contributed by atoms with Gasteiger partial charge < -0.3 is 15.5 Å². The normalized spacial score (nSPS) is 10.8. The Morgan fingerprint density at radius 3 is 2.35 bits per heavy atom. The highest BCUT2D eigenvalue weighted by molar-refractivity contribution is 14.0. The Morgan fingerprint density at radius 2 is 1.77 bits per heavy atom. The van der Waals surface area contributed by atoms with Gasteiger partial charge in [-0.3, -0.25) is 4.79 Å². The molecule has 0 heterocycles. The minimum Gasteiger partial charge on any atom is -0.356 e. The van der Waals surface area contributed by atoms with E-state index in [1.807, 2.05) is 0 Å². The topological polar surface area (TPSA) is 56.7 Å². The van der Waals surface area contributed by atoms with Crippen molar-refractivity contribution in [3.8, 4) is 0 Å². The SMILES string of the molecule is CCCCNC(=NCC(=O)N(C)C)NCCCSc1ccc(F)cc1.I. The van der Waals surface area contributed by atoms with E-state index in [9.17, 15) is 9.18 Å². The molecule has 0 saturated carbocycles. The smallest absolute Gasteiger partial charge is 0.243 e. The number of thioether (sulfide) groups is 1. The summed E-state index contributed by atoms with van der Waals surface area (Å²) < 4.78 is 12.9.